The molecule has 19 heavy (non-hydrogen) atoms. The lowest BCUT2D eigenvalue weighted by atomic mass is 10.1. The molecule has 100 valence electrons. The van der Waals surface area contributed by atoms with Crippen molar-refractivity contribution in [2.75, 3.05) is 5.32 Å². The van der Waals surface area contributed by atoms with E-state index in [1.165, 1.54) is 16.9 Å². The number of nitrogens with one attached hydrogen (secondary N) is 1. The summed E-state index contributed by atoms with van der Waals surface area (Å²) in [5, 5.41) is 5.54. The molecule has 1 heterocycles. The number of aromatic nitrogens is 1. The highest BCUT2D eigenvalue weighted by Gasteiger charge is 2.09. The summed E-state index contributed by atoms with van der Waals surface area (Å²) in [7, 11) is 0. The smallest absolute Gasteiger partial charge is 0.228 e. The molecule has 0 spiro atoms. The van der Waals surface area contributed by atoms with Crippen LogP contribution in [0, 0.1) is 5.92 Å². The van der Waals surface area contributed by atoms with E-state index in [0.29, 0.717) is 5.13 Å². The van der Waals surface area contributed by atoms with E-state index in [2.05, 4.69) is 22.4 Å². The van der Waals surface area contributed by atoms with Crippen LogP contribution in [0.5, 0.6) is 0 Å². The van der Waals surface area contributed by atoms with Gasteiger partial charge in [-0.2, -0.15) is 0 Å². The maximum absolute atomic E-state index is 11.6. The molecule has 0 saturated heterocycles. The van der Waals surface area contributed by atoms with Crippen LogP contribution in [0.3, 0.4) is 0 Å². The van der Waals surface area contributed by atoms with Gasteiger partial charge in [-0.1, -0.05) is 44.2 Å². The predicted molar refractivity (Wildman–Crippen MR) is 79.4 cm³/mol. The minimum absolute atomic E-state index is 0.0170. The van der Waals surface area contributed by atoms with Gasteiger partial charge in [-0.3, -0.25) is 4.79 Å². The molecule has 0 atom stereocenters. The highest BCUT2D eigenvalue weighted by molar-refractivity contribution is 7.13. The van der Waals surface area contributed by atoms with Crippen LogP contribution in [0.15, 0.2) is 35.7 Å². The van der Waals surface area contributed by atoms with E-state index in [1.807, 2.05) is 37.4 Å². The molecule has 3 nitrogen and oxygen atoms in total. The van der Waals surface area contributed by atoms with Gasteiger partial charge in [0.15, 0.2) is 5.13 Å². The first-order chi connectivity index (χ1) is 9.15. The average molecular weight is 274 g/mol. The van der Waals surface area contributed by atoms with Crippen molar-refractivity contribution >= 4 is 22.4 Å². The zero-order valence-electron chi connectivity index (χ0n) is 11.2. The fourth-order valence-electron chi connectivity index (χ4n) is 1.65. The number of nitrogens with zero attached hydrogens (tertiary/aromatic N) is 1. The number of rotatable bonds is 5. The third-order valence-corrected chi connectivity index (χ3v) is 3.63. The summed E-state index contributed by atoms with van der Waals surface area (Å²) in [5.74, 6) is 0.000582. The molecular weight excluding hydrogens is 256 g/mol. The molecule has 0 aliphatic carbocycles. The van der Waals surface area contributed by atoms with Crippen molar-refractivity contribution in [3.8, 4) is 0 Å². The summed E-state index contributed by atoms with van der Waals surface area (Å²) in [6, 6.07) is 10.4. The van der Waals surface area contributed by atoms with E-state index >= 15 is 0 Å². The van der Waals surface area contributed by atoms with Crippen molar-refractivity contribution in [2.24, 2.45) is 5.92 Å². The minimum Gasteiger partial charge on any atom is -0.302 e. The van der Waals surface area contributed by atoms with Gasteiger partial charge in [-0.25, -0.2) is 4.98 Å². The topological polar surface area (TPSA) is 42.0 Å². The van der Waals surface area contributed by atoms with E-state index in [1.54, 1.807) is 0 Å². The Labute approximate surface area is 117 Å². The maximum Gasteiger partial charge on any atom is 0.228 e. The van der Waals surface area contributed by atoms with E-state index in [-0.39, 0.29) is 11.8 Å². The van der Waals surface area contributed by atoms with Gasteiger partial charge in [0.2, 0.25) is 5.91 Å². The second-order valence-corrected chi connectivity index (χ2v) is 5.63. The summed E-state index contributed by atoms with van der Waals surface area (Å²) in [4.78, 5) is 16.0. The summed E-state index contributed by atoms with van der Waals surface area (Å²) < 4.78 is 0. The minimum atomic E-state index is -0.0170. The zero-order valence-corrected chi connectivity index (χ0v) is 12.0. The molecular formula is C15H18N2OS. The van der Waals surface area contributed by atoms with Crippen LogP contribution in [-0.4, -0.2) is 10.9 Å². The van der Waals surface area contributed by atoms with Crippen LogP contribution in [0.2, 0.25) is 0 Å². The van der Waals surface area contributed by atoms with Gasteiger partial charge in [0, 0.05) is 11.3 Å². The van der Waals surface area contributed by atoms with E-state index in [4.69, 9.17) is 0 Å². The fourth-order valence-corrected chi connectivity index (χ4v) is 2.39. The predicted octanol–water partition coefficient (Wildman–Crippen LogP) is 3.52. The number of anilines is 1. The molecule has 0 aliphatic rings. The van der Waals surface area contributed by atoms with Gasteiger partial charge in [-0.05, 0) is 18.4 Å². The third kappa shape index (κ3) is 4.17. The Kier molecular flexibility index (Phi) is 4.68. The first-order valence-corrected chi connectivity index (χ1v) is 7.32. The molecule has 2 rings (SSSR count). The molecule has 0 fully saturated rings. The molecule has 4 heteroatoms. The number of hydrogen-bond donors (Lipinski definition) is 1. The van der Waals surface area contributed by atoms with Crippen molar-refractivity contribution in [2.45, 2.75) is 26.7 Å². The summed E-state index contributed by atoms with van der Waals surface area (Å²) in [6.07, 6.45) is 1.88. The van der Waals surface area contributed by atoms with Crippen molar-refractivity contribution in [1.82, 2.24) is 4.98 Å². The molecule has 0 aliphatic heterocycles. The van der Waals surface area contributed by atoms with Crippen LogP contribution in [0.25, 0.3) is 0 Å². The molecule has 2 aromatic rings. The van der Waals surface area contributed by atoms with Crippen molar-refractivity contribution in [1.29, 1.82) is 0 Å². The highest BCUT2D eigenvalue weighted by Crippen LogP contribution is 2.17. The Morgan fingerprint density at radius 3 is 2.68 bits per heavy atom. The summed E-state index contributed by atoms with van der Waals surface area (Å²) in [5.41, 5.74) is 2.34. The van der Waals surface area contributed by atoms with Crippen molar-refractivity contribution < 1.29 is 4.79 Å². The Balaban J connectivity index is 1.89. The van der Waals surface area contributed by atoms with E-state index in [0.717, 1.165) is 18.5 Å². The third-order valence-electron chi connectivity index (χ3n) is 2.82. The molecule has 1 aromatic heterocycles. The van der Waals surface area contributed by atoms with Crippen LogP contribution in [0.4, 0.5) is 5.13 Å². The second-order valence-electron chi connectivity index (χ2n) is 4.77. The summed E-state index contributed by atoms with van der Waals surface area (Å²) in [6.45, 7) is 3.75. The zero-order chi connectivity index (χ0) is 13.7. The lowest BCUT2D eigenvalue weighted by Crippen LogP contribution is -2.17. The highest BCUT2D eigenvalue weighted by atomic mass is 32.1. The number of thiazole rings is 1. The molecule has 0 saturated carbocycles. The molecule has 0 radical (unpaired) electrons. The molecule has 1 N–H and O–H groups in total. The number of benzene rings is 1. The number of amides is 1. The molecule has 0 bridgehead atoms. The molecule has 1 amide bonds. The Bertz CT molecular complexity index is 534. The number of aryl methyl sites for hydroxylation is 2. The van der Waals surface area contributed by atoms with Crippen molar-refractivity contribution in [3.05, 3.63) is 47.0 Å². The lowest BCUT2D eigenvalue weighted by molar-refractivity contribution is -0.118. The van der Waals surface area contributed by atoms with Gasteiger partial charge in [0.05, 0.1) is 5.69 Å². The van der Waals surface area contributed by atoms with E-state index < -0.39 is 0 Å². The first kappa shape index (κ1) is 13.7. The van der Waals surface area contributed by atoms with Crippen LogP contribution in [0.1, 0.15) is 25.1 Å². The van der Waals surface area contributed by atoms with Gasteiger partial charge in [0.25, 0.3) is 0 Å². The number of carbonyl (C=O) groups is 1. The van der Waals surface area contributed by atoms with Crippen LogP contribution >= 0.6 is 11.3 Å². The second kappa shape index (κ2) is 6.48. The van der Waals surface area contributed by atoms with Gasteiger partial charge < -0.3 is 5.32 Å². The Morgan fingerprint density at radius 1 is 1.26 bits per heavy atom. The fraction of sp³-hybridized carbons (Fsp3) is 0.333. The first-order valence-electron chi connectivity index (χ1n) is 6.44. The normalized spacial score (nSPS) is 10.7. The Hall–Kier alpha value is -1.68. The van der Waals surface area contributed by atoms with Crippen molar-refractivity contribution in [3.63, 3.8) is 0 Å². The maximum atomic E-state index is 11.6. The van der Waals surface area contributed by atoms with Gasteiger partial charge in [-0.15, -0.1) is 11.3 Å². The van der Waals surface area contributed by atoms with E-state index in [9.17, 15) is 4.79 Å². The Morgan fingerprint density at radius 2 is 2.00 bits per heavy atom. The molecule has 1 aromatic carbocycles. The largest absolute Gasteiger partial charge is 0.302 e. The van der Waals surface area contributed by atoms with Crippen LogP contribution in [-0.2, 0) is 17.6 Å². The van der Waals surface area contributed by atoms with Gasteiger partial charge in [0.1, 0.15) is 0 Å². The average Bonchev–Trinajstić information content (AvgIpc) is 2.85. The number of hydrogen-bond acceptors (Lipinski definition) is 3. The SMILES string of the molecule is CC(C)C(=O)Nc1nc(CCc2ccccc2)cs1. The quantitative estimate of drug-likeness (QED) is 0.906. The summed E-state index contributed by atoms with van der Waals surface area (Å²) >= 11 is 1.49. The monoisotopic (exact) mass is 274 g/mol. The standard InChI is InChI=1S/C15H18N2OS/c1-11(2)14(18)17-15-16-13(10-19-15)9-8-12-6-4-3-5-7-12/h3-7,10-11H,8-9H2,1-2H3,(H,16,17,18). The van der Waals surface area contributed by atoms with Crippen LogP contribution < -0.4 is 5.32 Å². The number of carbonyl (C=O) groups excluding carboxylic acids is 1. The lowest BCUT2D eigenvalue weighted by Gasteiger charge is -2.03. The molecule has 0 unspecified atom stereocenters. The van der Waals surface area contributed by atoms with Gasteiger partial charge >= 0.3 is 0 Å².